The number of thiazole rings is 1. The number of esters is 1. The van der Waals surface area contributed by atoms with Crippen LogP contribution >= 0.6 is 11.3 Å². The van der Waals surface area contributed by atoms with Crippen molar-refractivity contribution in [1.82, 2.24) is 10.3 Å². The predicted molar refractivity (Wildman–Crippen MR) is 92.5 cm³/mol. The van der Waals surface area contributed by atoms with E-state index in [4.69, 9.17) is 4.74 Å². The number of nitrogens with one attached hydrogen (secondary N) is 1. The first-order valence-corrected chi connectivity index (χ1v) is 8.83. The Balaban J connectivity index is 1.53. The van der Waals surface area contributed by atoms with E-state index >= 15 is 0 Å². The summed E-state index contributed by atoms with van der Waals surface area (Å²) in [6, 6.07) is 10.0. The summed E-state index contributed by atoms with van der Waals surface area (Å²) >= 11 is 1.59. The molecule has 1 saturated heterocycles. The third kappa shape index (κ3) is 3.64. The number of hydrogen-bond donors (Lipinski definition) is 1. The van der Waals surface area contributed by atoms with E-state index in [-0.39, 0.29) is 18.3 Å². The molecule has 1 aromatic carbocycles. The van der Waals surface area contributed by atoms with Crippen LogP contribution in [0.15, 0.2) is 35.7 Å². The Morgan fingerprint density at radius 3 is 2.79 bits per heavy atom. The second kappa shape index (κ2) is 6.73. The Bertz CT molecular complexity index is 740. The van der Waals surface area contributed by atoms with Gasteiger partial charge in [-0.25, -0.2) is 4.98 Å². The second-order valence-corrected chi connectivity index (χ2v) is 7.31. The maximum atomic E-state index is 12.3. The number of rotatable bonds is 5. The quantitative estimate of drug-likeness (QED) is 0.847. The van der Waals surface area contributed by atoms with E-state index < -0.39 is 11.5 Å². The van der Waals surface area contributed by atoms with Crippen LogP contribution in [0.4, 0.5) is 0 Å². The van der Waals surface area contributed by atoms with Crippen molar-refractivity contribution in [3.63, 3.8) is 0 Å². The van der Waals surface area contributed by atoms with Crippen LogP contribution in [0.3, 0.4) is 0 Å². The molecule has 1 aromatic heterocycles. The van der Waals surface area contributed by atoms with Crippen LogP contribution in [0.1, 0.15) is 25.3 Å². The maximum absolute atomic E-state index is 12.3. The number of carbonyl (C=O) groups excluding carboxylic acids is 2. The van der Waals surface area contributed by atoms with E-state index in [2.05, 4.69) is 10.3 Å². The molecule has 126 valence electrons. The van der Waals surface area contributed by atoms with Gasteiger partial charge in [-0.3, -0.25) is 9.59 Å². The summed E-state index contributed by atoms with van der Waals surface area (Å²) in [5, 5.41) is 5.90. The number of aromatic nitrogens is 1. The van der Waals surface area contributed by atoms with Gasteiger partial charge in [-0.1, -0.05) is 30.3 Å². The number of cyclic esters (lactones) is 1. The van der Waals surface area contributed by atoms with Gasteiger partial charge in [0.25, 0.3) is 0 Å². The largest absolute Gasteiger partial charge is 0.459 e. The molecule has 1 fully saturated rings. The molecule has 1 amide bonds. The standard InChI is InChI=1S/C18H20N2O3S/c1-18(2)13(10-16(21)23-18)17(22)19-9-8-15-20-14(11-24-15)12-6-4-3-5-7-12/h3-7,11,13H,8-10H2,1-2H3,(H,19,22)/t13-/m1/s1. The Hall–Kier alpha value is -2.21. The Labute approximate surface area is 145 Å². The number of benzene rings is 1. The van der Waals surface area contributed by atoms with Gasteiger partial charge in [-0.05, 0) is 13.8 Å². The van der Waals surface area contributed by atoms with Gasteiger partial charge in [0, 0.05) is 23.9 Å². The molecule has 24 heavy (non-hydrogen) atoms. The number of hydrogen-bond acceptors (Lipinski definition) is 5. The summed E-state index contributed by atoms with van der Waals surface area (Å²) in [6.45, 7) is 4.05. The van der Waals surface area contributed by atoms with Gasteiger partial charge in [0.05, 0.1) is 23.0 Å². The van der Waals surface area contributed by atoms with Gasteiger partial charge in [0.15, 0.2) is 0 Å². The molecule has 1 N–H and O–H groups in total. The van der Waals surface area contributed by atoms with Crippen LogP contribution in [0.5, 0.6) is 0 Å². The monoisotopic (exact) mass is 344 g/mol. The maximum Gasteiger partial charge on any atom is 0.307 e. The first-order valence-electron chi connectivity index (χ1n) is 7.95. The lowest BCUT2D eigenvalue weighted by atomic mass is 9.90. The summed E-state index contributed by atoms with van der Waals surface area (Å²) < 4.78 is 5.19. The molecule has 5 nitrogen and oxygen atoms in total. The molecular formula is C18H20N2O3S. The lowest BCUT2D eigenvalue weighted by Gasteiger charge is -2.23. The van der Waals surface area contributed by atoms with Crippen molar-refractivity contribution in [1.29, 1.82) is 0 Å². The van der Waals surface area contributed by atoms with E-state index in [1.807, 2.05) is 35.7 Å². The molecule has 1 aliphatic rings. The summed E-state index contributed by atoms with van der Waals surface area (Å²) in [7, 11) is 0. The predicted octanol–water partition coefficient (Wildman–Crippen LogP) is 2.81. The van der Waals surface area contributed by atoms with E-state index in [0.29, 0.717) is 13.0 Å². The number of nitrogens with zero attached hydrogens (tertiary/aromatic N) is 1. The molecule has 0 unspecified atom stereocenters. The van der Waals surface area contributed by atoms with Crippen LogP contribution in [0.25, 0.3) is 11.3 Å². The highest BCUT2D eigenvalue weighted by Crippen LogP contribution is 2.32. The van der Waals surface area contributed by atoms with Crippen molar-refractivity contribution >= 4 is 23.2 Å². The fourth-order valence-corrected chi connectivity index (χ4v) is 3.62. The molecule has 6 heteroatoms. The van der Waals surface area contributed by atoms with Crippen molar-refractivity contribution in [2.24, 2.45) is 5.92 Å². The lowest BCUT2D eigenvalue weighted by Crippen LogP contribution is -2.41. The highest BCUT2D eigenvalue weighted by Gasteiger charge is 2.45. The van der Waals surface area contributed by atoms with Crippen LogP contribution < -0.4 is 5.32 Å². The zero-order valence-electron chi connectivity index (χ0n) is 13.7. The Kier molecular flexibility index (Phi) is 4.66. The molecule has 0 aliphatic carbocycles. The van der Waals surface area contributed by atoms with Crippen molar-refractivity contribution in [2.75, 3.05) is 6.54 Å². The molecule has 3 rings (SSSR count). The van der Waals surface area contributed by atoms with Gasteiger partial charge in [-0.2, -0.15) is 0 Å². The van der Waals surface area contributed by atoms with Gasteiger partial charge in [-0.15, -0.1) is 11.3 Å². The van der Waals surface area contributed by atoms with Crippen LogP contribution in [0.2, 0.25) is 0 Å². The average molecular weight is 344 g/mol. The minimum atomic E-state index is -0.733. The first-order chi connectivity index (χ1) is 11.5. The summed E-state index contributed by atoms with van der Waals surface area (Å²) in [5.41, 5.74) is 1.31. The van der Waals surface area contributed by atoms with Crippen LogP contribution in [0, 0.1) is 5.92 Å². The second-order valence-electron chi connectivity index (χ2n) is 6.37. The molecule has 0 bridgehead atoms. The highest BCUT2D eigenvalue weighted by atomic mass is 32.1. The molecule has 1 aliphatic heterocycles. The third-order valence-electron chi connectivity index (χ3n) is 4.16. The van der Waals surface area contributed by atoms with Crippen molar-refractivity contribution in [2.45, 2.75) is 32.3 Å². The molecule has 0 saturated carbocycles. The fourth-order valence-electron chi connectivity index (χ4n) is 2.81. The minimum absolute atomic E-state index is 0.134. The number of ether oxygens (including phenoxy) is 1. The molecule has 0 radical (unpaired) electrons. The van der Waals surface area contributed by atoms with Crippen LogP contribution in [-0.2, 0) is 20.7 Å². The summed E-state index contributed by atoms with van der Waals surface area (Å²) in [4.78, 5) is 28.3. The minimum Gasteiger partial charge on any atom is -0.459 e. The molecule has 2 heterocycles. The Morgan fingerprint density at radius 1 is 1.38 bits per heavy atom. The average Bonchev–Trinajstić information content (AvgIpc) is 3.12. The van der Waals surface area contributed by atoms with Gasteiger partial charge in [0.2, 0.25) is 5.91 Å². The van der Waals surface area contributed by atoms with Crippen molar-refractivity contribution in [3.8, 4) is 11.3 Å². The highest BCUT2D eigenvalue weighted by molar-refractivity contribution is 7.09. The first kappa shape index (κ1) is 16.6. The van der Waals surface area contributed by atoms with Crippen molar-refractivity contribution in [3.05, 3.63) is 40.7 Å². The molecular weight excluding hydrogens is 324 g/mol. The number of amides is 1. The fraction of sp³-hybridized carbons (Fsp3) is 0.389. The number of carbonyl (C=O) groups is 2. The molecule has 2 aromatic rings. The van der Waals surface area contributed by atoms with Gasteiger partial charge >= 0.3 is 5.97 Å². The normalized spacial score (nSPS) is 19.1. The summed E-state index contributed by atoms with van der Waals surface area (Å²) in [6.07, 6.45) is 0.819. The lowest BCUT2D eigenvalue weighted by molar-refractivity contribution is -0.147. The SMILES string of the molecule is CC1(C)OC(=O)C[C@@H]1C(=O)NCCc1nc(-c2ccccc2)cs1. The van der Waals surface area contributed by atoms with Crippen LogP contribution in [-0.4, -0.2) is 29.0 Å². The van der Waals surface area contributed by atoms with E-state index in [1.54, 1.807) is 25.2 Å². The molecule has 1 atom stereocenters. The zero-order valence-corrected chi connectivity index (χ0v) is 14.6. The smallest absolute Gasteiger partial charge is 0.307 e. The van der Waals surface area contributed by atoms with Crippen molar-refractivity contribution < 1.29 is 14.3 Å². The Morgan fingerprint density at radius 2 is 2.12 bits per heavy atom. The van der Waals surface area contributed by atoms with Gasteiger partial charge in [0.1, 0.15) is 5.60 Å². The topological polar surface area (TPSA) is 68.3 Å². The van der Waals surface area contributed by atoms with E-state index in [1.165, 1.54) is 0 Å². The van der Waals surface area contributed by atoms with Gasteiger partial charge < -0.3 is 10.1 Å². The van der Waals surface area contributed by atoms with E-state index in [0.717, 1.165) is 16.3 Å². The third-order valence-corrected chi connectivity index (χ3v) is 5.07. The van der Waals surface area contributed by atoms with E-state index in [9.17, 15) is 9.59 Å². The zero-order chi connectivity index (χ0) is 17.2. The molecule has 0 spiro atoms. The summed E-state index contributed by atoms with van der Waals surface area (Å²) in [5.74, 6) is -0.876.